The third kappa shape index (κ3) is 7.35. The van der Waals surface area contributed by atoms with E-state index in [-0.39, 0.29) is 5.91 Å². The van der Waals surface area contributed by atoms with Crippen LogP contribution >= 0.6 is 22.9 Å². The normalized spacial score (nSPS) is 10.7. The Morgan fingerprint density at radius 2 is 1.85 bits per heavy atom. The van der Waals surface area contributed by atoms with Crippen LogP contribution in [0.4, 0.5) is 0 Å². The Morgan fingerprint density at radius 1 is 1.11 bits per heavy atom. The van der Waals surface area contributed by atoms with Crippen LogP contribution in [0, 0.1) is 0 Å². The van der Waals surface area contributed by atoms with Gasteiger partial charge in [-0.2, -0.15) is 0 Å². The predicted molar refractivity (Wildman–Crippen MR) is 111 cm³/mol. The number of halogens is 1. The summed E-state index contributed by atoms with van der Waals surface area (Å²) in [6, 6.07) is 11.4. The van der Waals surface area contributed by atoms with Gasteiger partial charge in [0.05, 0.1) is 0 Å². The number of carboxylic acids is 1. The predicted octanol–water partition coefficient (Wildman–Crippen LogP) is 5.29. The molecule has 0 aliphatic rings. The number of rotatable bonds is 11. The van der Waals surface area contributed by atoms with Crippen molar-refractivity contribution in [3.05, 3.63) is 56.7 Å². The zero-order valence-corrected chi connectivity index (χ0v) is 17.2. The number of amides is 1. The molecule has 2 rings (SSSR count). The van der Waals surface area contributed by atoms with Crippen molar-refractivity contribution in [2.45, 2.75) is 45.4 Å². The standard InChI is InChI=1S/C21H26ClNO3S/c1-2-6-20(24)23(13-4-8-16-7-3-9-17(22)15-16)14-5-10-18-11-12-19(27-18)21(25)26/h3,7,9,11-12,15H,2,4-6,8,10,13-14H2,1H3,(H,25,26). The Morgan fingerprint density at radius 3 is 2.48 bits per heavy atom. The first-order valence-electron chi connectivity index (χ1n) is 9.33. The molecule has 1 aromatic heterocycles. The Kier molecular flexibility index (Phi) is 8.82. The number of aromatic carboxylic acids is 1. The molecule has 1 aromatic carbocycles. The van der Waals surface area contributed by atoms with Crippen LogP contribution in [0.1, 0.15) is 52.7 Å². The van der Waals surface area contributed by atoms with Gasteiger partial charge in [0, 0.05) is 29.4 Å². The molecule has 0 unspecified atom stereocenters. The van der Waals surface area contributed by atoms with Crippen LogP contribution in [-0.4, -0.2) is 35.0 Å². The van der Waals surface area contributed by atoms with Gasteiger partial charge < -0.3 is 10.0 Å². The largest absolute Gasteiger partial charge is 0.477 e. The molecule has 6 heteroatoms. The van der Waals surface area contributed by atoms with Crippen molar-refractivity contribution in [2.75, 3.05) is 13.1 Å². The van der Waals surface area contributed by atoms with Gasteiger partial charge in [0.15, 0.2) is 0 Å². The summed E-state index contributed by atoms with van der Waals surface area (Å²) in [6.45, 7) is 3.45. The van der Waals surface area contributed by atoms with Crippen molar-refractivity contribution in [1.29, 1.82) is 0 Å². The van der Waals surface area contributed by atoms with Crippen LogP contribution in [0.3, 0.4) is 0 Å². The van der Waals surface area contributed by atoms with Gasteiger partial charge in [0.1, 0.15) is 4.88 Å². The second-order valence-electron chi connectivity index (χ2n) is 6.54. The number of carbonyl (C=O) groups excluding carboxylic acids is 1. The second-order valence-corrected chi connectivity index (χ2v) is 8.14. The summed E-state index contributed by atoms with van der Waals surface area (Å²) < 4.78 is 0. The molecule has 1 N–H and O–H groups in total. The van der Waals surface area contributed by atoms with Crippen molar-refractivity contribution in [3.8, 4) is 0 Å². The van der Waals surface area contributed by atoms with Crippen LogP contribution < -0.4 is 0 Å². The summed E-state index contributed by atoms with van der Waals surface area (Å²) in [7, 11) is 0. The Balaban J connectivity index is 1.83. The molecule has 0 bridgehead atoms. The van der Waals surface area contributed by atoms with Crippen molar-refractivity contribution in [2.24, 2.45) is 0 Å². The molecule has 0 atom stereocenters. The number of hydrogen-bond acceptors (Lipinski definition) is 3. The average Bonchev–Trinajstić information content (AvgIpc) is 3.10. The van der Waals surface area contributed by atoms with Gasteiger partial charge in [-0.3, -0.25) is 4.79 Å². The van der Waals surface area contributed by atoms with Gasteiger partial charge in [-0.15, -0.1) is 11.3 Å². The zero-order valence-electron chi connectivity index (χ0n) is 15.6. The smallest absolute Gasteiger partial charge is 0.345 e. The highest BCUT2D eigenvalue weighted by Gasteiger charge is 2.13. The lowest BCUT2D eigenvalue weighted by molar-refractivity contribution is -0.131. The molecule has 0 aliphatic carbocycles. The molecule has 1 heterocycles. The van der Waals surface area contributed by atoms with Crippen molar-refractivity contribution < 1.29 is 14.7 Å². The first-order valence-corrected chi connectivity index (χ1v) is 10.5. The maximum atomic E-state index is 12.4. The van der Waals surface area contributed by atoms with Crippen LogP contribution in [0.5, 0.6) is 0 Å². The minimum atomic E-state index is -0.882. The molecule has 0 fully saturated rings. The van der Waals surface area contributed by atoms with Gasteiger partial charge in [-0.05, 0) is 61.9 Å². The minimum Gasteiger partial charge on any atom is -0.477 e. The van der Waals surface area contributed by atoms with Crippen molar-refractivity contribution in [3.63, 3.8) is 0 Å². The molecule has 27 heavy (non-hydrogen) atoms. The lowest BCUT2D eigenvalue weighted by Gasteiger charge is -2.22. The molecule has 1 amide bonds. The number of carboxylic acid groups (broad SMARTS) is 1. The average molecular weight is 408 g/mol. The van der Waals surface area contributed by atoms with Gasteiger partial charge >= 0.3 is 5.97 Å². The summed E-state index contributed by atoms with van der Waals surface area (Å²) in [6.07, 6.45) is 4.84. The number of aryl methyl sites for hydroxylation is 2. The highest BCUT2D eigenvalue weighted by molar-refractivity contribution is 7.13. The van der Waals surface area contributed by atoms with Gasteiger partial charge in [0.2, 0.25) is 5.91 Å². The van der Waals surface area contributed by atoms with E-state index in [1.165, 1.54) is 16.9 Å². The Bertz CT molecular complexity index is 759. The Hall–Kier alpha value is -1.85. The van der Waals surface area contributed by atoms with Gasteiger partial charge in [-0.1, -0.05) is 30.7 Å². The maximum absolute atomic E-state index is 12.4. The summed E-state index contributed by atoms with van der Waals surface area (Å²) in [5.74, 6) is -0.687. The SMILES string of the molecule is CCCC(=O)N(CCCc1cccc(Cl)c1)CCCc1ccc(C(=O)O)s1. The number of carbonyl (C=O) groups is 2. The highest BCUT2D eigenvalue weighted by Crippen LogP contribution is 2.18. The molecule has 0 radical (unpaired) electrons. The fraction of sp³-hybridized carbons (Fsp3) is 0.429. The first-order chi connectivity index (χ1) is 13.0. The quantitative estimate of drug-likeness (QED) is 0.550. The monoisotopic (exact) mass is 407 g/mol. The fourth-order valence-electron chi connectivity index (χ4n) is 2.97. The third-order valence-corrected chi connectivity index (χ3v) is 5.69. The number of thiophene rings is 1. The number of nitrogens with zero attached hydrogens (tertiary/aromatic N) is 1. The van der Waals surface area contributed by atoms with Crippen LogP contribution in [0.15, 0.2) is 36.4 Å². The summed E-state index contributed by atoms with van der Waals surface area (Å²) >= 11 is 7.34. The van der Waals surface area contributed by atoms with Crippen LogP contribution in [0.2, 0.25) is 5.02 Å². The molecule has 0 spiro atoms. The third-order valence-electron chi connectivity index (χ3n) is 4.32. The minimum absolute atomic E-state index is 0.195. The molecule has 0 saturated carbocycles. The molecule has 0 aliphatic heterocycles. The fourth-order valence-corrected chi connectivity index (χ4v) is 4.07. The Labute approximate surface area is 169 Å². The topological polar surface area (TPSA) is 57.6 Å². The lowest BCUT2D eigenvalue weighted by Crippen LogP contribution is -2.33. The summed E-state index contributed by atoms with van der Waals surface area (Å²) in [5.41, 5.74) is 1.19. The van der Waals surface area contributed by atoms with E-state index < -0.39 is 5.97 Å². The van der Waals surface area contributed by atoms with E-state index in [0.717, 1.165) is 48.5 Å². The highest BCUT2D eigenvalue weighted by atomic mass is 35.5. The first kappa shape index (κ1) is 21.5. The van der Waals surface area contributed by atoms with Gasteiger partial charge in [0.25, 0.3) is 0 Å². The van der Waals surface area contributed by atoms with Crippen molar-refractivity contribution >= 4 is 34.8 Å². The summed E-state index contributed by atoms with van der Waals surface area (Å²) in [5, 5.41) is 9.74. The van der Waals surface area contributed by atoms with Gasteiger partial charge in [-0.25, -0.2) is 4.79 Å². The van der Waals surface area contributed by atoms with Crippen LogP contribution in [0.25, 0.3) is 0 Å². The van der Waals surface area contributed by atoms with E-state index in [1.54, 1.807) is 6.07 Å². The van der Waals surface area contributed by atoms with E-state index in [0.29, 0.717) is 17.8 Å². The molecule has 0 saturated heterocycles. The second kappa shape index (κ2) is 11.1. The van der Waals surface area contributed by atoms with E-state index in [9.17, 15) is 9.59 Å². The molecular formula is C21H26ClNO3S. The number of benzene rings is 1. The van der Waals surface area contributed by atoms with Crippen molar-refractivity contribution in [1.82, 2.24) is 4.90 Å². The van der Waals surface area contributed by atoms with E-state index in [4.69, 9.17) is 16.7 Å². The van der Waals surface area contributed by atoms with Crippen LogP contribution in [-0.2, 0) is 17.6 Å². The molecule has 2 aromatic rings. The van der Waals surface area contributed by atoms with E-state index >= 15 is 0 Å². The van der Waals surface area contributed by atoms with E-state index in [2.05, 4.69) is 6.07 Å². The lowest BCUT2D eigenvalue weighted by atomic mass is 10.1. The summed E-state index contributed by atoms with van der Waals surface area (Å²) in [4.78, 5) is 26.7. The zero-order chi connectivity index (χ0) is 19.6. The molecule has 146 valence electrons. The van der Waals surface area contributed by atoms with E-state index in [1.807, 2.05) is 36.1 Å². The number of hydrogen-bond donors (Lipinski definition) is 1. The maximum Gasteiger partial charge on any atom is 0.345 e. The molecular weight excluding hydrogens is 382 g/mol. The molecule has 4 nitrogen and oxygen atoms in total.